The first-order chi connectivity index (χ1) is 10.9. The zero-order valence-electron chi connectivity index (χ0n) is 12.6. The number of rotatable bonds is 5. The number of nitrogens with one attached hydrogen (secondary N) is 1. The van der Waals surface area contributed by atoms with Gasteiger partial charge in [-0.25, -0.2) is 4.79 Å². The van der Waals surface area contributed by atoms with E-state index in [0.29, 0.717) is 16.4 Å². The van der Waals surface area contributed by atoms with Crippen LogP contribution in [0.25, 0.3) is 0 Å². The van der Waals surface area contributed by atoms with E-state index in [1.54, 1.807) is 38.1 Å². The Hall–Kier alpha value is -2.05. The molecule has 0 spiro atoms. The minimum absolute atomic E-state index is 0.00492. The standard InChI is InChI=1S/C15H15Cl2N3O3/c1-3-23-15(22)14-13(17)9(2)20(19-14)8-12(21)18-11-6-4-10(16)5-7-11/h4-7H,3,8H2,1-2H3,(H,18,21). The van der Waals surface area contributed by atoms with Crippen LogP contribution in [0.1, 0.15) is 23.1 Å². The maximum Gasteiger partial charge on any atom is 0.360 e. The van der Waals surface area contributed by atoms with E-state index >= 15 is 0 Å². The van der Waals surface area contributed by atoms with Crippen LogP contribution in [0.5, 0.6) is 0 Å². The molecule has 8 heteroatoms. The van der Waals surface area contributed by atoms with Crippen molar-refractivity contribution in [2.45, 2.75) is 20.4 Å². The normalized spacial score (nSPS) is 10.4. The van der Waals surface area contributed by atoms with Gasteiger partial charge in [-0.2, -0.15) is 5.10 Å². The molecule has 23 heavy (non-hydrogen) atoms. The predicted octanol–water partition coefficient (Wildman–Crippen LogP) is 3.31. The van der Waals surface area contributed by atoms with Gasteiger partial charge in [0, 0.05) is 10.7 Å². The van der Waals surface area contributed by atoms with E-state index in [4.69, 9.17) is 27.9 Å². The highest BCUT2D eigenvalue weighted by atomic mass is 35.5. The number of carbonyl (C=O) groups is 2. The Bertz CT molecular complexity index is 726. The van der Waals surface area contributed by atoms with E-state index in [0.717, 1.165) is 0 Å². The third-order valence-corrected chi connectivity index (χ3v) is 3.73. The summed E-state index contributed by atoms with van der Waals surface area (Å²) in [5, 5.41) is 7.53. The van der Waals surface area contributed by atoms with Crippen LogP contribution >= 0.6 is 23.2 Å². The van der Waals surface area contributed by atoms with E-state index in [1.807, 2.05) is 0 Å². The summed E-state index contributed by atoms with van der Waals surface area (Å²) in [5.41, 5.74) is 1.13. The first kappa shape index (κ1) is 17.3. The molecule has 0 saturated carbocycles. The van der Waals surface area contributed by atoms with Crippen LogP contribution in [0.2, 0.25) is 10.0 Å². The maximum absolute atomic E-state index is 12.1. The van der Waals surface area contributed by atoms with Crippen LogP contribution in [0.15, 0.2) is 24.3 Å². The Morgan fingerprint density at radius 3 is 2.52 bits per heavy atom. The van der Waals surface area contributed by atoms with Gasteiger partial charge in [0.15, 0.2) is 5.69 Å². The van der Waals surface area contributed by atoms with Crippen molar-refractivity contribution in [2.75, 3.05) is 11.9 Å². The topological polar surface area (TPSA) is 73.2 Å². The lowest BCUT2D eigenvalue weighted by molar-refractivity contribution is -0.116. The Kier molecular flexibility index (Phi) is 5.63. The van der Waals surface area contributed by atoms with Crippen LogP contribution in [-0.4, -0.2) is 28.3 Å². The third-order valence-electron chi connectivity index (χ3n) is 3.02. The summed E-state index contributed by atoms with van der Waals surface area (Å²) >= 11 is 11.9. The molecule has 0 unspecified atom stereocenters. The van der Waals surface area contributed by atoms with Crippen LogP contribution in [-0.2, 0) is 16.1 Å². The first-order valence-corrected chi connectivity index (χ1v) is 7.63. The fraction of sp³-hybridized carbons (Fsp3) is 0.267. The molecule has 0 aliphatic carbocycles. The number of carbonyl (C=O) groups excluding carboxylic acids is 2. The van der Waals surface area contributed by atoms with Crippen LogP contribution in [0.4, 0.5) is 5.69 Å². The molecule has 1 N–H and O–H groups in total. The number of anilines is 1. The molecule has 2 aromatic rings. The molecule has 0 bridgehead atoms. The molecule has 1 amide bonds. The molecule has 2 rings (SSSR count). The van der Waals surface area contributed by atoms with Crippen molar-refractivity contribution in [3.8, 4) is 0 Å². The van der Waals surface area contributed by atoms with Gasteiger partial charge < -0.3 is 10.1 Å². The summed E-state index contributed by atoms with van der Waals surface area (Å²) in [6.07, 6.45) is 0. The summed E-state index contributed by atoms with van der Waals surface area (Å²) in [6, 6.07) is 6.72. The summed E-state index contributed by atoms with van der Waals surface area (Å²) in [5.74, 6) is -0.914. The van der Waals surface area contributed by atoms with Crippen molar-refractivity contribution in [1.82, 2.24) is 9.78 Å². The average Bonchev–Trinajstić information content (AvgIpc) is 2.78. The second-order valence-electron chi connectivity index (χ2n) is 4.68. The van der Waals surface area contributed by atoms with Crippen LogP contribution < -0.4 is 5.32 Å². The monoisotopic (exact) mass is 355 g/mol. The third kappa shape index (κ3) is 4.24. The molecule has 0 atom stereocenters. The summed E-state index contributed by atoms with van der Waals surface area (Å²) in [7, 11) is 0. The second kappa shape index (κ2) is 7.48. The van der Waals surface area contributed by atoms with E-state index < -0.39 is 5.97 Å². The Balaban J connectivity index is 2.10. The largest absolute Gasteiger partial charge is 0.461 e. The number of amides is 1. The Morgan fingerprint density at radius 1 is 1.26 bits per heavy atom. The fourth-order valence-corrected chi connectivity index (χ4v) is 2.22. The van der Waals surface area contributed by atoms with E-state index in [-0.39, 0.29) is 29.8 Å². The molecule has 1 heterocycles. The first-order valence-electron chi connectivity index (χ1n) is 6.87. The quantitative estimate of drug-likeness (QED) is 0.835. The van der Waals surface area contributed by atoms with Gasteiger partial charge >= 0.3 is 5.97 Å². The SMILES string of the molecule is CCOC(=O)c1nn(CC(=O)Nc2ccc(Cl)cc2)c(C)c1Cl. The fourth-order valence-electron chi connectivity index (χ4n) is 1.88. The minimum Gasteiger partial charge on any atom is -0.461 e. The van der Waals surface area contributed by atoms with Crippen molar-refractivity contribution in [2.24, 2.45) is 0 Å². The predicted molar refractivity (Wildman–Crippen MR) is 88.0 cm³/mol. The minimum atomic E-state index is -0.613. The Morgan fingerprint density at radius 2 is 1.91 bits per heavy atom. The second-order valence-corrected chi connectivity index (χ2v) is 5.50. The van der Waals surface area contributed by atoms with Gasteiger partial charge in [-0.1, -0.05) is 23.2 Å². The van der Waals surface area contributed by atoms with Crippen molar-refractivity contribution in [3.63, 3.8) is 0 Å². The number of halogens is 2. The van der Waals surface area contributed by atoms with Gasteiger partial charge in [0.1, 0.15) is 6.54 Å². The van der Waals surface area contributed by atoms with E-state index in [9.17, 15) is 9.59 Å². The number of benzene rings is 1. The highest BCUT2D eigenvalue weighted by Crippen LogP contribution is 2.21. The molecule has 0 radical (unpaired) electrons. The zero-order valence-corrected chi connectivity index (χ0v) is 14.1. The highest BCUT2D eigenvalue weighted by Gasteiger charge is 2.21. The molecular formula is C15H15Cl2N3O3. The number of aromatic nitrogens is 2. The number of hydrogen-bond donors (Lipinski definition) is 1. The number of ether oxygens (including phenoxy) is 1. The zero-order chi connectivity index (χ0) is 17.0. The van der Waals surface area contributed by atoms with Crippen LogP contribution in [0, 0.1) is 6.92 Å². The summed E-state index contributed by atoms with van der Waals surface area (Å²) < 4.78 is 6.24. The van der Waals surface area contributed by atoms with Gasteiger partial charge in [0.2, 0.25) is 5.91 Å². The van der Waals surface area contributed by atoms with E-state index in [1.165, 1.54) is 4.68 Å². The van der Waals surface area contributed by atoms with E-state index in [2.05, 4.69) is 10.4 Å². The van der Waals surface area contributed by atoms with Crippen molar-refractivity contribution in [1.29, 1.82) is 0 Å². The van der Waals surface area contributed by atoms with Gasteiger partial charge in [0.05, 0.1) is 17.3 Å². The molecule has 0 saturated heterocycles. The van der Waals surface area contributed by atoms with Gasteiger partial charge in [-0.05, 0) is 38.1 Å². The molecule has 0 aliphatic heterocycles. The molecular weight excluding hydrogens is 341 g/mol. The lowest BCUT2D eigenvalue weighted by Crippen LogP contribution is -2.20. The lowest BCUT2D eigenvalue weighted by Gasteiger charge is -2.06. The maximum atomic E-state index is 12.1. The molecule has 1 aromatic carbocycles. The van der Waals surface area contributed by atoms with Gasteiger partial charge in [0.25, 0.3) is 0 Å². The number of esters is 1. The Labute approximate surface area is 143 Å². The number of hydrogen-bond acceptors (Lipinski definition) is 4. The number of nitrogens with zero attached hydrogens (tertiary/aromatic N) is 2. The summed E-state index contributed by atoms with van der Waals surface area (Å²) in [4.78, 5) is 23.8. The molecule has 0 fully saturated rings. The van der Waals surface area contributed by atoms with Crippen molar-refractivity contribution >= 4 is 40.8 Å². The van der Waals surface area contributed by atoms with Crippen LogP contribution in [0.3, 0.4) is 0 Å². The lowest BCUT2D eigenvalue weighted by atomic mass is 10.3. The summed E-state index contributed by atoms with van der Waals surface area (Å²) in [6.45, 7) is 3.51. The average molecular weight is 356 g/mol. The van der Waals surface area contributed by atoms with Crippen molar-refractivity contribution < 1.29 is 14.3 Å². The van der Waals surface area contributed by atoms with Crippen molar-refractivity contribution in [3.05, 3.63) is 45.7 Å². The molecule has 122 valence electrons. The molecule has 1 aromatic heterocycles. The molecule has 6 nitrogen and oxygen atoms in total. The highest BCUT2D eigenvalue weighted by molar-refractivity contribution is 6.34. The smallest absolute Gasteiger partial charge is 0.360 e. The van der Waals surface area contributed by atoms with Gasteiger partial charge in [-0.3, -0.25) is 9.48 Å². The molecule has 0 aliphatic rings. The van der Waals surface area contributed by atoms with Gasteiger partial charge in [-0.15, -0.1) is 0 Å².